The van der Waals surface area contributed by atoms with Crippen molar-refractivity contribution in [3.05, 3.63) is 53.5 Å². The van der Waals surface area contributed by atoms with Gasteiger partial charge in [0.1, 0.15) is 6.73 Å². The zero-order valence-corrected chi connectivity index (χ0v) is 9.84. The van der Waals surface area contributed by atoms with Gasteiger partial charge < -0.3 is 5.11 Å². The third-order valence-corrected chi connectivity index (χ3v) is 3.32. The highest BCUT2D eigenvalue weighted by Crippen LogP contribution is 2.13. The second-order valence-corrected chi connectivity index (χ2v) is 4.29. The van der Waals surface area contributed by atoms with Crippen molar-refractivity contribution in [3.63, 3.8) is 0 Å². The molecule has 0 atom stereocenters. The van der Waals surface area contributed by atoms with Crippen molar-refractivity contribution in [1.29, 1.82) is 0 Å². The topological polar surface area (TPSA) is 98.4 Å². The fourth-order valence-corrected chi connectivity index (χ4v) is 2.27. The molecule has 3 aromatic rings. The second-order valence-electron chi connectivity index (χ2n) is 4.29. The molecule has 0 radical (unpaired) electrons. The summed E-state index contributed by atoms with van der Waals surface area (Å²) in [5.74, 6) is 0. The molecule has 0 aliphatic heterocycles. The molecule has 7 heteroatoms. The van der Waals surface area contributed by atoms with E-state index in [4.69, 9.17) is 5.11 Å². The van der Waals surface area contributed by atoms with Gasteiger partial charge in [0.05, 0.1) is 21.5 Å². The number of benzene rings is 1. The largest absolute Gasteiger partial charge is 0.376 e. The van der Waals surface area contributed by atoms with E-state index < -0.39 is 29.0 Å². The molecule has 0 saturated heterocycles. The van der Waals surface area contributed by atoms with Crippen molar-refractivity contribution < 1.29 is 5.11 Å². The summed E-state index contributed by atoms with van der Waals surface area (Å²) in [5.41, 5.74) is -2.35. The standard InChI is InChI=1S/C12H8N2O5/c1-13-9(16)5-2-7-8(3-6(5)10(13)17)12(19)14(4-15)11(7)18/h2-3,15H,4H2,1H3. The Morgan fingerprint density at radius 3 is 1.58 bits per heavy atom. The molecule has 19 heavy (non-hydrogen) atoms. The molecule has 2 aromatic heterocycles. The molecule has 0 saturated carbocycles. The summed E-state index contributed by atoms with van der Waals surface area (Å²) in [6.45, 7) is -0.737. The van der Waals surface area contributed by atoms with Crippen molar-refractivity contribution in [2.45, 2.75) is 6.73 Å². The lowest BCUT2D eigenvalue weighted by Gasteiger charge is -1.87. The minimum Gasteiger partial charge on any atom is -0.376 e. The van der Waals surface area contributed by atoms with Gasteiger partial charge in [0, 0.05) is 7.05 Å². The van der Waals surface area contributed by atoms with Gasteiger partial charge in [0.25, 0.3) is 22.2 Å². The Bertz CT molecular complexity index is 952. The highest BCUT2D eigenvalue weighted by atomic mass is 16.3. The van der Waals surface area contributed by atoms with E-state index in [0.29, 0.717) is 4.57 Å². The van der Waals surface area contributed by atoms with Crippen LogP contribution >= 0.6 is 0 Å². The Kier molecular flexibility index (Phi) is 2.12. The molecule has 0 aliphatic carbocycles. The van der Waals surface area contributed by atoms with E-state index in [2.05, 4.69) is 0 Å². The highest BCUT2D eigenvalue weighted by Gasteiger charge is 2.17. The maximum absolute atomic E-state index is 11.8. The van der Waals surface area contributed by atoms with Crippen LogP contribution in [0, 0.1) is 0 Å². The quantitative estimate of drug-likeness (QED) is 0.568. The molecule has 2 heterocycles. The van der Waals surface area contributed by atoms with E-state index in [0.717, 1.165) is 4.57 Å². The number of fused-ring (bicyclic) bond motifs is 2. The number of aliphatic hydroxyl groups excluding tert-OH is 1. The monoisotopic (exact) mass is 260 g/mol. The van der Waals surface area contributed by atoms with E-state index in [-0.39, 0.29) is 21.5 Å². The zero-order chi connectivity index (χ0) is 13.9. The second kappa shape index (κ2) is 3.48. The fourth-order valence-electron chi connectivity index (χ4n) is 2.27. The van der Waals surface area contributed by atoms with E-state index in [1.165, 1.54) is 19.2 Å². The number of aromatic nitrogens is 2. The summed E-state index contributed by atoms with van der Waals surface area (Å²) in [6.07, 6.45) is 0. The molecule has 1 aromatic carbocycles. The normalized spacial score (nSPS) is 11.7. The van der Waals surface area contributed by atoms with Gasteiger partial charge in [-0.05, 0) is 12.1 Å². The molecule has 0 aliphatic rings. The van der Waals surface area contributed by atoms with Crippen LogP contribution in [-0.2, 0) is 13.8 Å². The average Bonchev–Trinajstić information content (AvgIpc) is 2.77. The Morgan fingerprint density at radius 1 is 0.842 bits per heavy atom. The molecular weight excluding hydrogens is 252 g/mol. The third kappa shape index (κ3) is 1.24. The minimum atomic E-state index is -0.737. The van der Waals surface area contributed by atoms with Gasteiger partial charge in [-0.2, -0.15) is 0 Å². The minimum absolute atomic E-state index is 0.0363. The maximum atomic E-state index is 11.8. The summed E-state index contributed by atoms with van der Waals surface area (Å²) in [6, 6.07) is 2.48. The van der Waals surface area contributed by atoms with E-state index in [1.807, 2.05) is 0 Å². The molecule has 7 nitrogen and oxygen atoms in total. The molecule has 3 rings (SSSR count). The van der Waals surface area contributed by atoms with Gasteiger partial charge in [-0.3, -0.25) is 28.3 Å². The van der Waals surface area contributed by atoms with Crippen LogP contribution in [0.3, 0.4) is 0 Å². The first-order chi connectivity index (χ1) is 8.97. The maximum Gasteiger partial charge on any atom is 0.263 e. The summed E-state index contributed by atoms with van der Waals surface area (Å²) in [4.78, 5) is 47.3. The first kappa shape index (κ1) is 11.5. The Morgan fingerprint density at radius 2 is 1.21 bits per heavy atom. The first-order valence-electron chi connectivity index (χ1n) is 5.45. The van der Waals surface area contributed by atoms with E-state index >= 15 is 0 Å². The Labute approximate surface area is 104 Å². The average molecular weight is 260 g/mol. The van der Waals surface area contributed by atoms with Crippen molar-refractivity contribution in [2.75, 3.05) is 0 Å². The Balaban J connectivity index is 2.70. The lowest BCUT2D eigenvalue weighted by molar-refractivity contribution is 0.204. The summed E-state index contributed by atoms with van der Waals surface area (Å²) >= 11 is 0. The van der Waals surface area contributed by atoms with Crippen molar-refractivity contribution >= 4 is 21.5 Å². The summed E-state index contributed by atoms with van der Waals surface area (Å²) < 4.78 is 1.58. The molecule has 0 unspecified atom stereocenters. The fraction of sp³-hybridized carbons (Fsp3) is 0.167. The number of aliphatic hydroxyl groups is 1. The van der Waals surface area contributed by atoms with Crippen LogP contribution < -0.4 is 22.2 Å². The van der Waals surface area contributed by atoms with E-state index in [1.54, 1.807) is 0 Å². The van der Waals surface area contributed by atoms with Crippen LogP contribution in [0.5, 0.6) is 0 Å². The Hall–Kier alpha value is -2.54. The smallest absolute Gasteiger partial charge is 0.263 e. The predicted octanol–water partition coefficient (Wildman–Crippen LogP) is -1.60. The van der Waals surface area contributed by atoms with Gasteiger partial charge in [0.2, 0.25) is 0 Å². The van der Waals surface area contributed by atoms with Crippen LogP contribution in [0.4, 0.5) is 0 Å². The summed E-state index contributed by atoms with van der Waals surface area (Å²) in [5, 5.41) is 9.26. The number of hydrogen-bond acceptors (Lipinski definition) is 5. The van der Waals surface area contributed by atoms with Gasteiger partial charge >= 0.3 is 0 Å². The SMILES string of the molecule is Cn1c(=O)c2cc3c(=O)n(CO)c(=O)c3cc2c1=O. The van der Waals surface area contributed by atoms with Crippen molar-refractivity contribution in [2.24, 2.45) is 7.05 Å². The van der Waals surface area contributed by atoms with Gasteiger partial charge in [-0.25, -0.2) is 0 Å². The molecule has 0 spiro atoms. The number of rotatable bonds is 1. The first-order valence-corrected chi connectivity index (χ1v) is 5.45. The van der Waals surface area contributed by atoms with Crippen molar-refractivity contribution in [1.82, 2.24) is 9.13 Å². The van der Waals surface area contributed by atoms with Crippen LogP contribution in [0.1, 0.15) is 0 Å². The third-order valence-electron chi connectivity index (χ3n) is 3.32. The molecule has 0 bridgehead atoms. The molecule has 0 fully saturated rings. The van der Waals surface area contributed by atoms with Gasteiger partial charge in [-0.1, -0.05) is 0 Å². The van der Waals surface area contributed by atoms with E-state index in [9.17, 15) is 19.2 Å². The molecule has 96 valence electrons. The molecule has 1 N–H and O–H groups in total. The number of nitrogens with zero attached hydrogens (tertiary/aromatic N) is 2. The van der Waals surface area contributed by atoms with Crippen LogP contribution in [0.15, 0.2) is 31.3 Å². The van der Waals surface area contributed by atoms with Gasteiger partial charge in [0.15, 0.2) is 0 Å². The van der Waals surface area contributed by atoms with Crippen LogP contribution in [-0.4, -0.2) is 14.2 Å². The van der Waals surface area contributed by atoms with Crippen molar-refractivity contribution in [3.8, 4) is 0 Å². The predicted molar refractivity (Wildman–Crippen MR) is 68.1 cm³/mol. The molecule has 0 amide bonds. The van der Waals surface area contributed by atoms with Crippen LogP contribution in [0.2, 0.25) is 0 Å². The molecular formula is C12H8N2O5. The van der Waals surface area contributed by atoms with Gasteiger partial charge in [-0.15, -0.1) is 0 Å². The van der Waals surface area contributed by atoms with Crippen LogP contribution in [0.25, 0.3) is 21.5 Å². The lowest BCUT2D eigenvalue weighted by atomic mass is 10.1. The zero-order valence-electron chi connectivity index (χ0n) is 9.84. The number of hydrogen-bond donors (Lipinski definition) is 1. The highest BCUT2D eigenvalue weighted by molar-refractivity contribution is 5.97. The lowest BCUT2D eigenvalue weighted by Crippen LogP contribution is -2.25. The summed E-state index contributed by atoms with van der Waals surface area (Å²) in [7, 11) is 1.33.